The smallest absolute Gasteiger partial charge is 0.243 e. The van der Waals surface area contributed by atoms with Crippen LogP contribution >= 0.6 is 12.4 Å². The Labute approximate surface area is 137 Å². The molecule has 1 amide bonds. The van der Waals surface area contributed by atoms with E-state index in [1.807, 2.05) is 33.8 Å². The van der Waals surface area contributed by atoms with E-state index in [1.54, 1.807) is 11.9 Å². The number of carbonyl (C=O) groups is 1. The Kier molecular flexibility index (Phi) is 5.65. The average molecular weight is 332 g/mol. The van der Waals surface area contributed by atoms with Gasteiger partial charge in [-0.25, -0.2) is 0 Å². The standard InChI is InChI=1S/C15H25N3O3.ClH/c1-6-20-12-8-15(16,14(12,3)4)13(19)18(5)9-11-7-10(2)21-17-11;/h7,12H,6,8-9,16H2,1-5H3;1H. The fraction of sp³-hybridized carbons (Fsp3) is 0.733. The number of hydrogen-bond acceptors (Lipinski definition) is 5. The maximum Gasteiger partial charge on any atom is 0.243 e. The third kappa shape index (κ3) is 3.00. The van der Waals surface area contributed by atoms with Gasteiger partial charge < -0.3 is 19.9 Å². The fourth-order valence-corrected chi connectivity index (χ4v) is 2.95. The maximum atomic E-state index is 12.7. The number of aryl methyl sites for hydroxylation is 1. The van der Waals surface area contributed by atoms with Gasteiger partial charge in [-0.15, -0.1) is 12.4 Å². The van der Waals surface area contributed by atoms with E-state index in [-0.39, 0.29) is 29.8 Å². The molecule has 0 aliphatic heterocycles. The summed E-state index contributed by atoms with van der Waals surface area (Å²) in [5.41, 5.74) is 5.85. The van der Waals surface area contributed by atoms with Crippen LogP contribution in [0.3, 0.4) is 0 Å². The minimum Gasteiger partial charge on any atom is -0.378 e. The number of aromatic nitrogens is 1. The first-order chi connectivity index (χ1) is 9.72. The molecule has 2 unspecified atom stereocenters. The predicted octanol–water partition coefficient (Wildman–Crippen LogP) is 1.90. The molecule has 1 aliphatic rings. The van der Waals surface area contributed by atoms with Crippen molar-refractivity contribution in [3.63, 3.8) is 0 Å². The molecule has 2 atom stereocenters. The molecule has 1 aromatic heterocycles. The molecule has 1 aliphatic carbocycles. The Morgan fingerprint density at radius 2 is 2.23 bits per heavy atom. The normalized spacial score (nSPS) is 26.0. The van der Waals surface area contributed by atoms with E-state index >= 15 is 0 Å². The number of hydrogen-bond donors (Lipinski definition) is 1. The third-order valence-corrected chi connectivity index (χ3v) is 4.63. The molecular formula is C15H26ClN3O3. The molecule has 1 fully saturated rings. The molecule has 0 bridgehead atoms. The Bertz CT molecular complexity index is 532. The monoisotopic (exact) mass is 331 g/mol. The summed E-state index contributed by atoms with van der Waals surface area (Å²) in [5, 5.41) is 3.91. The van der Waals surface area contributed by atoms with Crippen LogP contribution in [0.2, 0.25) is 0 Å². The van der Waals surface area contributed by atoms with Crippen LogP contribution in [0.25, 0.3) is 0 Å². The van der Waals surface area contributed by atoms with Gasteiger partial charge in [-0.3, -0.25) is 4.79 Å². The van der Waals surface area contributed by atoms with E-state index in [9.17, 15) is 4.79 Å². The molecule has 0 radical (unpaired) electrons. The highest BCUT2D eigenvalue weighted by Gasteiger charge is 2.63. The van der Waals surface area contributed by atoms with E-state index in [2.05, 4.69) is 5.16 Å². The summed E-state index contributed by atoms with van der Waals surface area (Å²) in [6, 6.07) is 1.82. The number of carbonyl (C=O) groups excluding carboxylic acids is 1. The molecule has 1 saturated carbocycles. The Morgan fingerprint density at radius 3 is 2.68 bits per heavy atom. The second-order valence-electron chi connectivity index (χ2n) is 6.43. The number of ether oxygens (including phenoxy) is 1. The molecule has 1 heterocycles. The molecular weight excluding hydrogens is 306 g/mol. The van der Waals surface area contributed by atoms with E-state index in [0.717, 1.165) is 11.5 Å². The van der Waals surface area contributed by atoms with Gasteiger partial charge in [0, 0.05) is 31.6 Å². The van der Waals surface area contributed by atoms with Crippen LogP contribution in [0.15, 0.2) is 10.6 Å². The largest absolute Gasteiger partial charge is 0.378 e. The van der Waals surface area contributed by atoms with Gasteiger partial charge in [0.05, 0.1) is 12.6 Å². The zero-order valence-electron chi connectivity index (χ0n) is 13.9. The molecule has 6 nitrogen and oxygen atoms in total. The van der Waals surface area contributed by atoms with Crippen molar-refractivity contribution >= 4 is 18.3 Å². The van der Waals surface area contributed by atoms with Gasteiger partial charge in [0.25, 0.3) is 0 Å². The van der Waals surface area contributed by atoms with Gasteiger partial charge in [0.2, 0.25) is 5.91 Å². The average Bonchev–Trinajstić information content (AvgIpc) is 2.82. The SMILES string of the molecule is CCOC1CC(N)(C(=O)N(C)Cc2cc(C)on2)C1(C)C.Cl. The molecule has 0 aromatic carbocycles. The lowest BCUT2D eigenvalue weighted by Gasteiger charge is -2.58. The van der Waals surface area contributed by atoms with Crippen LogP contribution in [0.1, 0.15) is 38.6 Å². The minimum absolute atomic E-state index is 0. The van der Waals surface area contributed by atoms with Crippen molar-refractivity contribution in [2.24, 2.45) is 11.1 Å². The highest BCUT2D eigenvalue weighted by molar-refractivity contribution is 5.88. The van der Waals surface area contributed by atoms with Gasteiger partial charge in [-0.2, -0.15) is 0 Å². The topological polar surface area (TPSA) is 81.6 Å². The van der Waals surface area contributed by atoms with Crippen molar-refractivity contribution in [3.05, 3.63) is 17.5 Å². The first-order valence-corrected chi connectivity index (χ1v) is 7.30. The van der Waals surface area contributed by atoms with E-state index in [4.69, 9.17) is 15.0 Å². The highest BCUT2D eigenvalue weighted by atomic mass is 35.5. The van der Waals surface area contributed by atoms with Gasteiger partial charge in [0.1, 0.15) is 17.0 Å². The number of rotatable bonds is 5. The lowest BCUT2D eigenvalue weighted by atomic mass is 9.54. The summed E-state index contributed by atoms with van der Waals surface area (Å²) in [5.74, 6) is 0.651. The van der Waals surface area contributed by atoms with Crippen molar-refractivity contribution < 1.29 is 14.1 Å². The lowest BCUT2D eigenvalue weighted by molar-refractivity contribution is -0.178. The zero-order chi connectivity index (χ0) is 15.8. The number of likely N-dealkylation sites (N-methyl/N-ethyl adjacent to an activating group) is 1. The minimum atomic E-state index is -0.889. The summed E-state index contributed by atoms with van der Waals surface area (Å²) < 4.78 is 10.7. The molecule has 2 rings (SSSR count). The molecule has 22 heavy (non-hydrogen) atoms. The second kappa shape index (κ2) is 6.56. The molecule has 0 spiro atoms. The third-order valence-electron chi connectivity index (χ3n) is 4.63. The molecule has 1 aromatic rings. The quantitative estimate of drug-likeness (QED) is 0.891. The van der Waals surface area contributed by atoms with Crippen molar-refractivity contribution in [1.29, 1.82) is 0 Å². The summed E-state index contributed by atoms with van der Waals surface area (Å²) >= 11 is 0. The first-order valence-electron chi connectivity index (χ1n) is 7.30. The zero-order valence-corrected chi connectivity index (χ0v) is 14.7. The maximum absolute atomic E-state index is 12.7. The molecule has 0 saturated heterocycles. The second-order valence-corrected chi connectivity index (χ2v) is 6.43. The Hall–Kier alpha value is -1.11. The van der Waals surface area contributed by atoms with E-state index in [1.165, 1.54) is 0 Å². The van der Waals surface area contributed by atoms with E-state index < -0.39 is 5.54 Å². The van der Waals surface area contributed by atoms with Crippen molar-refractivity contribution in [2.75, 3.05) is 13.7 Å². The Balaban J connectivity index is 0.00000242. The predicted molar refractivity (Wildman–Crippen MR) is 85.7 cm³/mol. The highest BCUT2D eigenvalue weighted by Crippen LogP contribution is 2.50. The molecule has 2 N–H and O–H groups in total. The van der Waals surface area contributed by atoms with Gasteiger partial charge in [-0.05, 0) is 13.8 Å². The summed E-state index contributed by atoms with van der Waals surface area (Å²) in [6.07, 6.45) is 0.577. The summed E-state index contributed by atoms with van der Waals surface area (Å²) in [4.78, 5) is 14.3. The van der Waals surface area contributed by atoms with Crippen LogP contribution in [0.5, 0.6) is 0 Å². The van der Waals surface area contributed by atoms with Crippen LogP contribution in [0, 0.1) is 12.3 Å². The summed E-state index contributed by atoms with van der Waals surface area (Å²) in [6.45, 7) is 8.78. The molecule has 7 heteroatoms. The van der Waals surface area contributed by atoms with Crippen LogP contribution in [-0.2, 0) is 16.1 Å². The van der Waals surface area contributed by atoms with Crippen molar-refractivity contribution in [2.45, 2.75) is 52.3 Å². The van der Waals surface area contributed by atoms with Crippen LogP contribution < -0.4 is 5.73 Å². The van der Waals surface area contributed by atoms with Crippen molar-refractivity contribution in [1.82, 2.24) is 10.1 Å². The summed E-state index contributed by atoms with van der Waals surface area (Å²) in [7, 11) is 1.74. The van der Waals surface area contributed by atoms with Crippen molar-refractivity contribution in [3.8, 4) is 0 Å². The lowest BCUT2D eigenvalue weighted by Crippen LogP contribution is -2.75. The van der Waals surface area contributed by atoms with Gasteiger partial charge >= 0.3 is 0 Å². The van der Waals surface area contributed by atoms with Crippen LogP contribution in [0.4, 0.5) is 0 Å². The van der Waals surface area contributed by atoms with Crippen LogP contribution in [-0.4, -0.2) is 41.3 Å². The number of halogens is 1. The Morgan fingerprint density at radius 1 is 1.59 bits per heavy atom. The number of nitrogens with two attached hydrogens (primary N) is 1. The fourth-order valence-electron chi connectivity index (χ4n) is 2.95. The number of amides is 1. The van der Waals surface area contributed by atoms with Gasteiger partial charge in [-0.1, -0.05) is 19.0 Å². The molecule has 126 valence electrons. The first kappa shape index (κ1) is 18.9. The van der Waals surface area contributed by atoms with Gasteiger partial charge in [0.15, 0.2) is 0 Å². The van der Waals surface area contributed by atoms with E-state index in [0.29, 0.717) is 19.6 Å². The number of nitrogens with zero attached hydrogens (tertiary/aromatic N) is 2.